The highest BCUT2D eigenvalue weighted by Crippen LogP contribution is 2.34. The van der Waals surface area contributed by atoms with Crippen molar-refractivity contribution < 1.29 is 5.11 Å². The standard InChI is InChI=1S/C16H17N3O.C2H6/c1-16(2,3)11-7-6-10-14(15(11)20)19-17-12-8-4-5-9-13(12)18-19;1-2/h4-10,20H,1-3H3;1-2H3. The molecule has 1 aromatic heterocycles. The summed E-state index contributed by atoms with van der Waals surface area (Å²) in [6.45, 7) is 10.2. The van der Waals surface area contributed by atoms with Crippen LogP contribution in [0.15, 0.2) is 42.5 Å². The first-order chi connectivity index (χ1) is 10.5. The number of phenolic OH excluding ortho intramolecular Hbond substituents is 1. The van der Waals surface area contributed by atoms with E-state index < -0.39 is 0 Å². The number of hydrogen-bond donors (Lipinski definition) is 1. The molecule has 1 N–H and O–H groups in total. The van der Waals surface area contributed by atoms with Gasteiger partial charge in [0.1, 0.15) is 22.5 Å². The van der Waals surface area contributed by atoms with Gasteiger partial charge in [-0.05, 0) is 23.6 Å². The fourth-order valence-corrected chi connectivity index (χ4v) is 2.27. The number of nitrogens with zero attached hydrogens (tertiary/aromatic N) is 3. The molecule has 3 rings (SSSR count). The highest BCUT2D eigenvalue weighted by atomic mass is 16.3. The first kappa shape index (κ1) is 16.0. The molecule has 0 fully saturated rings. The van der Waals surface area contributed by atoms with Crippen LogP contribution in [0.2, 0.25) is 0 Å². The van der Waals surface area contributed by atoms with Crippen molar-refractivity contribution in [2.75, 3.05) is 0 Å². The Morgan fingerprint density at radius 2 is 1.41 bits per heavy atom. The molecule has 0 saturated heterocycles. The van der Waals surface area contributed by atoms with Crippen LogP contribution in [-0.2, 0) is 5.41 Å². The quantitative estimate of drug-likeness (QED) is 0.722. The van der Waals surface area contributed by atoms with Gasteiger partial charge in [-0.2, -0.15) is 0 Å². The van der Waals surface area contributed by atoms with Crippen LogP contribution >= 0.6 is 0 Å². The first-order valence-electron chi connectivity index (χ1n) is 7.62. The van der Waals surface area contributed by atoms with Gasteiger partial charge in [-0.1, -0.05) is 58.9 Å². The minimum Gasteiger partial charge on any atom is -0.505 e. The minimum absolute atomic E-state index is 0.132. The average Bonchev–Trinajstić information content (AvgIpc) is 2.92. The average molecular weight is 297 g/mol. The van der Waals surface area contributed by atoms with Crippen molar-refractivity contribution in [1.82, 2.24) is 15.0 Å². The Morgan fingerprint density at radius 1 is 0.864 bits per heavy atom. The second-order valence-corrected chi connectivity index (χ2v) is 5.90. The Morgan fingerprint density at radius 3 is 1.91 bits per heavy atom. The summed E-state index contributed by atoms with van der Waals surface area (Å²) in [7, 11) is 0. The van der Waals surface area contributed by atoms with Gasteiger partial charge in [0.2, 0.25) is 0 Å². The summed E-state index contributed by atoms with van der Waals surface area (Å²) in [5.74, 6) is 0.236. The molecule has 0 aliphatic rings. The van der Waals surface area contributed by atoms with E-state index in [1.165, 1.54) is 4.80 Å². The number of aromatic hydroxyl groups is 1. The van der Waals surface area contributed by atoms with Crippen molar-refractivity contribution in [3.05, 3.63) is 48.0 Å². The van der Waals surface area contributed by atoms with Crippen LogP contribution in [0.25, 0.3) is 16.7 Å². The first-order valence-corrected chi connectivity index (χ1v) is 7.62. The van der Waals surface area contributed by atoms with Gasteiger partial charge in [0, 0.05) is 5.56 Å². The number of fused-ring (bicyclic) bond motifs is 1. The predicted molar refractivity (Wildman–Crippen MR) is 90.6 cm³/mol. The zero-order chi connectivity index (χ0) is 16.3. The molecule has 3 aromatic rings. The Bertz CT molecular complexity index is 736. The lowest BCUT2D eigenvalue weighted by Gasteiger charge is -2.21. The second-order valence-electron chi connectivity index (χ2n) is 5.90. The Labute approximate surface area is 131 Å². The van der Waals surface area contributed by atoms with Gasteiger partial charge >= 0.3 is 0 Å². The Hall–Kier alpha value is -2.36. The molecule has 22 heavy (non-hydrogen) atoms. The molecule has 1 heterocycles. The summed E-state index contributed by atoms with van der Waals surface area (Å²) < 4.78 is 0. The maximum absolute atomic E-state index is 10.5. The smallest absolute Gasteiger partial charge is 0.146 e. The lowest BCUT2D eigenvalue weighted by Crippen LogP contribution is -2.12. The number of rotatable bonds is 1. The van der Waals surface area contributed by atoms with Gasteiger partial charge in [0.15, 0.2) is 0 Å². The zero-order valence-corrected chi connectivity index (χ0v) is 13.8. The lowest BCUT2D eigenvalue weighted by molar-refractivity contribution is 0.440. The summed E-state index contributed by atoms with van der Waals surface area (Å²) >= 11 is 0. The molecule has 0 amide bonds. The topological polar surface area (TPSA) is 50.9 Å². The van der Waals surface area contributed by atoms with Crippen molar-refractivity contribution in [2.24, 2.45) is 0 Å². The largest absolute Gasteiger partial charge is 0.505 e. The van der Waals surface area contributed by atoms with E-state index in [4.69, 9.17) is 0 Å². The van der Waals surface area contributed by atoms with E-state index in [-0.39, 0.29) is 11.2 Å². The van der Waals surface area contributed by atoms with Crippen LogP contribution in [0.5, 0.6) is 5.75 Å². The molecule has 116 valence electrons. The van der Waals surface area contributed by atoms with Crippen molar-refractivity contribution in [1.29, 1.82) is 0 Å². The molecule has 4 nitrogen and oxygen atoms in total. The van der Waals surface area contributed by atoms with Crippen LogP contribution in [0.1, 0.15) is 40.2 Å². The molecule has 0 unspecified atom stereocenters. The third kappa shape index (κ3) is 2.96. The van der Waals surface area contributed by atoms with Gasteiger partial charge in [-0.25, -0.2) is 0 Å². The van der Waals surface area contributed by atoms with E-state index in [0.717, 1.165) is 16.6 Å². The van der Waals surface area contributed by atoms with Gasteiger partial charge in [-0.15, -0.1) is 15.0 Å². The molecular formula is C18H23N3O. The Balaban J connectivity index is 0.000000847. The lowest BCUT2D eigenvalue weighted by atomic mass is 9.86. The van der Waals surface area contributed by atoms with Gasteiger partial charge in [0.25, 0.3) is 0 Å². The Kier molecular flexibility index (Phi) is 4.50. The number of aromatic nitrogens is 3. The van der Waals surface area contributed by atoms with E-state index in [2.05, 4.69) is 31.0 Å². The summed E-state index contributed by atoms with van der Waals surface area (Å²) in [5, 5.41) is 19.3. The monoisotopic (exact) mass is 297 g/mol. The van der Waals surface area contributed by atoms with E-state index in [0.29, 0.717) is 5.69 Å². The summed E-state index contributed by atoms with van der Waals surface area (Å²) in [5.41, 5.74) is 2.98. The van der Waals surface area contributed by atoms with E-state index in [1.54, 1.807) is 0 Å². The third-order valence-electron chi connectivity index (χ3n) is 3.32. The van der Waals surface area contributed by atoms with Crippen LogP contribution in [0.4, 0.5) is 0 Å². The molecule has 0 atom stereocenters. The summed E-state index contributed by atoms with van der Waals surface area (Å²) in [4.78, 5) is 1.50. The van der Waals surface area contributed by atoms with Crippen LogP contribution in [0.3, 0.4) is 0 Å². The van der Waals surface area contributed by atoms with Crippen molar-refractivity contribution in [3.8, 4) is 11.4 Å². The minimum atomic E-state index is -0.132. The van der Waals surface area contributed by atoms with Gasteiger partial charge in [-0.3, -0.25) is 0 Å². The molecule has 0 aliphatic heterocycles. The fourth-order valence-electron chi connectivity index (χ4n) is 2.27. The molecule has 0 aliphatic carbocycles. The molecule has 0 spiro atoms. The highest BCUT2D eigenvalue weighted by molar-refractivity contribution is 5.73. The third-order valence-corrected chi connectivity index (χ3v) is 3.32. The maximum atomic E-state index is 10.5. The maximum Gasteiger partial charge on any atom is 0.146 e. The summed E-state index contributed by atoms with van der Waals surface area (Å²) in [6, 6.07) is 13.3. The summed E-state index contributed by atoms with van der Waals surface area (Å²) in [6.07, 6.45) is 0. The van der Waals surface area contributed by atoms with Crippen LogP contribution in [-0.4, -0.2) is 20.1 Å². The van der Waals surface area contributed by atoms with Gasteiger partial charge in [0.05, 0.1) is 0 Å². The number of para-hydroxylation sites is 1. The van der Waals surface area contributed by atoms with E-state index >= 15 is 0 Å². The van der Waals surface area contributed by atoms with Crippen molar-refractivity contribution >= 4 is 11.0 Å². The molecule has 0 radical (unpaired) electrons. The molecular weight excluding hydrogens is 274 g/mol. The van der Waals surface area contributed by atoms with E-state index in [1.807, 2.05) is 56.3 Å². The highest BCUT2D eigenvalue weighted by Gasteiger charge is 2.21. The number of hydrogen-bond acceptors (Lipinski definition) is 3. The normalized spacial score (nSPS) is 11.1. The van der Waals surface area contributed by atoms with E-state index in [9.17, 15) is 5.11 Å². The predicted octanol–water partition coefficient (Wildman–Crippen LogP) is 4.45. The number of benzene rings is 2. The van der Waals surface area contributed by atoms with Crippen molar-refractivity contribution in [2.45, 2.75) is 40.0 Å². The fraction of sp³-hybridized carbons (Fsp3) is 0.333. The molecule has 0 saturated carbocycles. The molecule has 0 bridgehead atoms. The SMILES string of the molecule is CC.CC(C)(C)c1cccc(-n2nc3ccccc3n2)c1O. The second kappa shape index (κ2) is 6.18. The zero-order valence-electron chi connectivity index (χ0n) is 13.8. The molecule has 4 heteroatoms. The van der Waals surface area contributed by atoms with Gasteiger partial charge < -0.3 is 5.11 Å². The van der Waals surface area contributed by atoms with Crippen LogP contribution in [0, 0.1) is 0 Å². The van der Waals surface area contributed by atoms with Crippen molar-refractivity contribution in [3.63, 3.8) is 0 Å². The van der Waals surface area contributed by atoms with Crippen LogP contribution < -0.4 is 0 Å². The molecule has 2 aromatic carbocycles. The number of phenols is 1.